The van der Waals surface area contributed by atoms with Gasteiger partial charge in [-0.15, -0.1) is 0 Å². The van der Waals surface area contributed by atoms with Crippen molar-refractivity contribution in [3.05, 3.63) is 107 Å². The SMILES string of the molecule is CC(=O)N1CCN(C(=O)Cc2ccc(N(Cc3cccc(F)c3)C(=O)/C=C/c3ccccc3)cc2)CC1. The summed E-state index contributed by atoms with van der Waals surface area (Å²) in [7, 11) is 0. The van der Waals surface area contributed by atoms with Crippen LogP contribution in [0.2, 0.25) is 0 Å². The van der Waals surface area contributed by atoms with E-state index in [0.29, 0.717) is 37.4 Å². The molecule has 0 bridgehead atoms. The monoisotopic (exact) mass is 499 g/mol. The van der Waals surface area contributed by atoms with Crippen molar-refractivity contribution in [3.63, 3.8) is 0 Å². The molecule has 0 saturated carbocycles. The number of hydrogen-bond donors (Lipinski definition) is 0. The zero-order valence-electron chi connectivity index (χ0n) is 20.8. The summed E-state index contributed by atoms with van der Waals surface area (Å²) < 4.78 is 13.8. The van der Waals surface area contributed by atoms with Gasteiger partial charge in [-0.2, -0.15) is 0 Å². The van der Waals surface area contributed by atoms with Crippen molar-refractivity contribution in [2.75, 3.05) is 31.1 Å². The maximum atomic E-state index is 13.8. The van der Waals surface area contributed by atoms with Crippen molar-refractivity contribution in [1.82, 2.24) is 9.80 Å². The number of benzene rings is 3. The van der Waals surface area contributed by atoms with Gasteiger partial charge in [-0.3, -0.25) is 14.4 Å². The summed E-state index contributed by atoms with van der Waals surface area (Å²) in [6.07, 6.45) is 3.50. The fraction of sp³-hybridized carbons (Fsp3) is 0.233. The van der Waals surface area contributed by atoms with Crippen LogP contribution in [0.15, 0.2) is 84.9 Å². The molecule has 0 aromatic heterocycles. The summed E-state index contributed by atoms with van der Waals surface area (Å²) in [4.78, 5) is 42.6. The second-order valence-electron chi connectivity index (χ2n) is 9.03. The van der Waals surface area contributed by atoms with Gasteiger partial charge in [0.05, 0.1) is 13.0 Å². The van der Waals surface area contributed by atoms with E-state index in [4.69, 9.17) is 0 Å². The van der Waals surface area contributed by atoms with Crippen LogP contribution in [0.1, 0.15) is 23.6 Å². The number of amides is 3. The molecule has 0 unspecified atom stereocenters. The number of anilines is 1. The molecular formula is C30H30FN3O3. The second kappa shape index (κ2) is 12.1. The van der Waals surface area contributed by atoms with E-state index in [-0.39, 0.29) is 36.5 Å². The van der Waals surface area contributed by atoms with Crippen LogP contribution < -0.4 is 4.90 Å². The topological polar surface area (TPSA) is 60.9 Å². The molecule has 0 aliphatic carbocycles. The average Bonchev–Trinajstić information content (AvgIpc) is 2.91. The first-order chi connectivity index (χ1) is 17.9. The highest BCUT2D eigenvalue weighted by atomic mass is 19.1. The smallest absolute Gasteiger partial charge is 0.251 e. The summed E-state index contributed by atoms with van der Waals surface area (Å²) in [5, 5.41) is 0. The molecule has 1 heterocycles. The Morgan fingerprint density at radius 3 is 2.16 bits per heavy atom. The molecule has 1 aliphatic rings. The highest BCUT2D eigenvalue weighted by Gasteiger charge is 2.22. The molecule has 3 aromatic carbocycles. The van der Waals surface area contributed by atoms with E-state index in [1.165, 1.54) is 18.2 Å². The second-order valence-corrected chi connectivity index (χ2v) is 9.03. The van der Waals surface area contributed by atoms with E-state index >= 15 is 0 Å². The first kappa shape index (κ1) is 25.8. The van der Waals surface area contributed by atoms with Crippen molar-refractivity contribution < 1.29 is 18.8 Å². The molecule has 1 fully saturated rings. The molecule has 0 spiro atoms. The number of carbonyl (C=O) groups is 3. The van der Waals surface area contributed by atoms with Gasteiger partial charge in [0.1, 0.15) is 5.82 Å². The van der Waals surface area contributed by atoms with Crippen molar-refractivity contribution in [2.24, 2.45) is 0 Å². The number of hydrogen-bond acceptors (Lipinski definition) is 3. The lowest BCUT2D eigenvalue weighted by atomic mass is 10.1. The van der Waals surface area contributed by atoms with Crippen LogP contribution in [0.5, 0.6) is 0 Å². The van der Waals surface area contributed by atoms with Crippen LogP contribution in [0.3, 0.4) is 0 Å². The van der Waals surface area contributed by atoms with Gasteiger partial charge in [0.2, 0.25) is 11.8 Å². The van der Waals surface area contributed by atoms with Gasteiger partial charge < -0.3 is 14.7 Å². The Morgan fingerprint density at radius 2 is 1.51 bits per heavy atom. The average molecular weight is 500 g/mol. The standard InChI is InChI=1S/C30H30FN3O3/c1-23(35)32-16-18-33(19-17-32)30(37)21-25-10-13-28(14-11-25)34(22-26-8-5-9-27(31)20-26)29(36)15-12-24-6-3-2-4-7-24/h2-15,20H,16-19,21-22H2,1H3/b15-12+. The minimum Gasteiger partial charge on any atom is -0.339 e. The third-order valence-corrected chi connectivity index (χ3v) is 6.39. The van der Waals surface area contributed by atoms with Crippen molar-refractivity contribution in [2.45, 2.75) is 19.9 Å². The Morgan fingerprint density at radius 1 is 0.838 bits per heavy atom. The highest BCUT2D eigenvalue weighted by molar-refractivity contribution is 6.03. The lowest BCUT2D eigenvalue weighted by Gasteiger charge is -2.34. The number of carbonyl (C=O) groups excluding carboxylic acids is 3. The molecule has 0 N–H and O–H groups in total. The predicted molar refractivity (Wildman–Crippen MR) is 142 cm³/mol. The van der Waals surface area contributed by atoms with Gasteiger partial charge in [-0.25, -0.2) is 4.39 Å². The molecular weight excluding hydrogens is 469 g/mol. The zero-order valence-corrected chi connectivity index (χ0v) is 20.8. The third kappa shape index (κ3) is 7.13. The number of piperazine rings is 1. The van der Waals surface area contributed by atoms with E-state index in [9.17, 15) is 18.8 Å². The van der Waals surface area contributed by atoms with Crippen LogP contribution in [-0.2, 0) is 27.3 Å². The normalized spacial score (nSPS) is 13.6. The van der Waals surface area contributed by atoms with Gasteiger partial charge in [0.15, 0.2) is 0 Å². The third-order valence-electron chi connectivity index (χ3n) is 6.39. The molecule has 190 valence electrons. The Hall–Kier alpha value is -4.26. The maximum Gasteiger partial charge on any atom is 0.251 e. The lowest BCUT2D eigenvalue weighted by Crippen LogP contribution is -2.50. The van der Waals surface area contributed by atoms with E-state index in [1.807, 2.05) is 54.6 Å². The molecule has 1 aliphatic heterocycles. The maximum absolute atomic E-state index is 13.8. The van der Waals surface area contributed by atoms with Gasteiger partial charge in [-0.1, -0.05) is 54.6 Å². The lowest BCUT2D eigenvalue weighted by molar-refractivity contribution is -0.138. The summed E-state index contributed by atoms with van der Waals surface area (Å²) in [6, 6.07) is 23.0. The van der Waals surface area contributed by atoms with Crippen LogP contribution in [-0.4, -0.2) is 53.7 Å². The minimum absolute atomic E-state index is 0.00874. The Labute approximate surface area is 216 Å². The molecule has 1 saturated heterocycles. The van der Waals surface area contributed by atoms with Crippen LogP contribution in [0.25, 0.3) is 6.08 Å². The number of rotatable bonds is 7. The minimum atomic E-state index is -0.359. The fourth-order valence-electron chi connectivity index (χ4n) is 4.29. The summed E-state index contributed by atoms with van der Waals surface area (Å²) in [5.74, 6) is -0.559. The quantitative estimate of drug-likeness (QED) is 0.456. The van der Waals surface area contributed by atoms with Crippen molar-refractivity contribution in [3.8, 4) is 0 Å². The van der Waals surface area contributed by atoms with Gasteiger partial charge in [0, 0.05) is 44.9 Å². The summed E-state index contributed by atoms with van der Waals surface area (Å²) in [5.41, 5.74) is 3.06. The summed E-state index contributed by atoms with van der Waals surface area (Å²) >= 11 is 0. The first-order valence-electron chi connectivity index (χ1n) is 12.3. The zero-order chi connectivity index (χ0) is 26.2. The van der Waals surface area contributed by atoms with Gasteiger partial charge in [0.25, 0.3) is 5.91 Å². The van der Waals surface area contributed by atoms with Crippen molar-refractivity contribution >= 4 is 29.5 Å². The molecule has 4 rings (SSSR count). The molecule has 0 radical (unpaired) electrons. The summed E-state index contributed by atoms with van der Waals surface area (Å²) in [6.45, 7) is 3.90. The predicted octanol–water partition coefficient (Wildman–Crippen LogP) is 4.31. The first-order valence-corrected chi connectivity index (χ1v) is 12.3. The molecule has 3 amide bonds. The van der Waals surface area contributed by atoms with Crippen LogP contribution in [0.4, 0.5) is 10.1 Å². The Bertz CT molecular complexity index is 1270. The molecule has 7 heteroatoms. The van der Waals surface area contributed by atoms with E-state index < -0.39 is 0 Å². The van der Waals surface area contributed by atoms with Gasteiger partial charge in [-0.05, 0) is 47.0 Å². The highest BCUT2D eigenvalue weighted by Crippen LogP contribution is 2.21. The number of nitrogens with zero attached hydrogens (tertiary/aromatic N) is 3. The Balaban J connectivity index is 1.47. The Kier molecular flexibility index (Phi) is 8.46. The molecule has 37 heavy (non-hydrogen) atoms. The van der Waals surface area contributed by atoms with E-state index in [0.717, 1.165) is 11.1 Å². The van der Waals surface area contributed by atoms with Crippen molar-refractivity contribution in [1.29, 1.82) is 0 Å². The largest absolute Gasteiger partial charge is 0.339 e. The molecule has 0 atom stereocenters. The van der Waals surface area contributed by atoms with Crippen LogP contribution >= 0.6 is 0 Å². The van der Waals surface area contributed by atoms with E-state index in [2.05, 4.69) is 0 Å². The fourth-order valence-corrected chi connectivity index (χ4v) is 4.29. The number of halogens is 1. The van der Waals surface area contributed by atoms with Gasteiger partial charge >= 0.3 is 0 Å². The molecule has 6 nitrogen and oxygen atoms in total. The molecule has 3 aromatic rings. The van der Waals surface area contributed by atoms with E-state index in [1.54, 1.807) is 39.8 Å². The van der Waals surface area contributed by atoms with Crippen LogP contribution in [0, 0.1) is 5.82 Å².